The second-order valence-electron chi connectivity index (χ2n) is 4.13. The van der Waals surface area contributed by atoms with Crippen LogP contribution in [0.1, 0.15) is 22.0 Å². The highest BCUT2D eigenvalue weighted by molar-refractivity contribution is 9.10. The molecule has 2 rings (SSSR count). The number of alkyl halides is 1. The van der Waals surface area contributed by atoms with Gasteiger partial charge in [-0.3, -0.25) is 4.79 Å². The molecule has 0 bridgehead atoms. The van der Waals surface area contributed by atoms with Gasteiger partial charge in [-0.2, -0.15) is 0 Å². The number of carbonyl (C=O) groups is 1. The Bertz CT molecular complexity index is 554. The van der Waals surface area contributed by atoms with Crippen molar-refractivity contribution in [2.24, 2.45) is 0 Å². The zero-order chi connectivity index (χ0) is 13.8. The fourth-order valence-corrected chi connectivity index (χ4v) is 2.43. The first-order chi connectivity index (χ1) is 9.09. The van der Waals surface area contributed by atoms with Crippen molar-refractivity contribution in [3.8, 4) is 0 Å². The summed E-state index contributed by atoms with van der Waals surface area (Å²) in [6.45, 7) is 0. The first-order valence-corrected chi connectivity index (χ1v) is 7.06. The lowest BCUT2D eigenvalue weighted by molar-refractivity contribution is 0.0903. The number of halogens is 2. The number of aliphatic hydroxyl groups excluding tert-OH is 1. The van der Waals surface area contributed by atoms with Crippen LogP contribution in [0.5, 0.6) is 0 Å². The number of aliphatic hydroxyl groups is 1. The maximum Gasteiger partial charge on any atom is 0.179 e. The zero-order valence-electron chi connectivity index (χ0n) is 9.96. The molecule has 0 amide bonds. The summed E-state index contributed by atoms with van der Waals surface area (Å²) in [5.41, 5.74) is 1.22. The topological polar surface area (TPSA) is 37.3 Å². The summed E-state index contributed by atoms with van der Waals surface area (Å²) in [6, 6.07) is 15.7. The lowest BCUT2D eigenvalue weighted by atomic mass is 10.0. The number of benzene rings is 2. The zero-order valence-corrected chi connectivity index (χ0v) is 12.3. The van der Waals surface area contributed by atoms with Crippen LogP contribution in [0.3, 0.4) is 0 Å². The number of rotatable bonds is 4. The van der Waals surface area contributed by atoms with Crippen molar-refractivity contribution in [2.75, 3.05) is 0 Å². The Balaban J connectivity index is 2.17. The van der Waals surface area contributed by atoms with Gasteiger partial charge in [-0.05, 0) is 29.8 Å². The highest BCUT2D eigenvalue weighted by Gasteiger charge is 2.26. The number of hydrogen-bond donors (Lipinski definition) is 1. The largest absolute Gasteiger partial charge is 0.387 e. The molecule has 0 aromatic heterocycles. The maximum atomic E-state index is 12.2. The summed E-state index contributed by atoms with van der Waals surface area (Å²) < 4.78 is 0. The standard InChI is InChI=1S/C15H12BrClO2/c16-13(14(18)10-4-2-1-3-5-10)15(19)11-6-8-12(17)9-7-11/h1-9,13-14,18H/t13-,14-/m1/s1. The molecule has 0 spiro atoms. The van der Waals surface area contributed by atoms with E-state index in [1.54, 1.807) is 36.4 Å². The molecule has 0 fully saturated rings. The molecular weight excluding hydrogens is 328 g/mol. The molecule has 19 heavy (non-hydrogen) atoms. The first-order valence-electron chi connectivity index (χ1n) is 5.76. The SMILES string of the molecule is O=C(c1ccc(Cl)cc1)[C@H](Br)[C@H](O)c1ccccc1. The van der Waals surface area contributed by atoms with E-state index in [1.807, 2.05) is 18.2 Å². The van der Waals surface area contributed by atoms with E-state index in [2.05, 4.69) is 15.9 Å². The Morgan fingerprint density at radius 3 is 2.21 bits per heavy atom. The quantitative estimate of drug-likeness (QED) is 0.675. The average Bonchev–Trinajstić information content (AvgIpc) is 2.46. The fraction of sp³-hybridized carbons (Fsp3) is 0.133. The number of ketones is 1. The van der Waals surface area contributed by atoms with E-state index in [1.165, 1.54) is 0 Å². The van der Waals surface area contributed by atoms with Crippen molar-refractivity contribution < 1.29 is 9.90 Å². The molecule has 2 nitrogen and oxygen atoms in total. The minimum atomic E-state index is -0.885. The normalized spacial score (nSPS) is 13.8. The number of carbonyl (C=O) groups excluding carboxylic acids is 1. The van der Waals surface area contributed by atoms with Crippen molar-refractivity contribution in [1.82, 2.24) is 0 Å². The summed E-state index contributed by atoms with van der Waals surface area (Å²) in [4.78, 5) is 11.5. The van der Waals surface area contributed by atoms with Gasteiger partial charge in [0.2, 0.25) is 0 Å². The highest BCUT2D eigenvalue weighted by Crippen LogP contribution is 2.25. The summed E-state index contributed by atoms with van der Waals surface area (Å²) in [7, 11) is 0. The predicted molar refractivity (Wildman–Crippen MR) is 79.9 cm³/mol. The van der Waals surface area contributed by atoms with Gasteiger partial charge in [0.25, 0.3) is 0 Å². The second kappa shape index (κ2) is 6.33. The predicted octanol–water partition coefficient (Wildman–Crippen LogP) is 4.02. The molecule has 0 saturated carbocycles. The van der Waals surface area contributed by atoms with Crippen LogP contribution in [0.25, 0.3) is 0 Å². The lowest BCUT2D eigenvalue weighted by Crippen LogP contribution is -2.22. The van der Waals surface area contributed by atoms with Crippen molar-refractivity contribution in [3.05, 3.63) is 70.7 Å². The smallest absolute Gasteiger partial charge is 0.179 e. The second-order valence-corrected chi connectivity index (χ2v) is 5.55. The number of Topliss-reactive ketones (excluding diaryl/α,β-unsaturated/α-hetero) is 1. The molecule has 1 N–H and O–H groups in total. The Labute approximate surface area is 125 Å². The Morgan fingerprint density at radius 1 is 1.05 bits per heavy atom. The van der Waals surface area contributed by atoms with Crippen molar-refractivity contribution in [1.29, 1.82) is 0 Å². The third-order valence-corrected chi connectivity index (χ3v) is 3.97. The van der Waals surface area contributed by atoms with E-state index in [0.717, 1.165) is 0 Å². The van der Waals surface area contributed by atoms with Gasteiger partial charge in [0.05, 0.1) is 6.10 Å². The van der Waals surface area contributed by atoms with Crippen LogP contribution in [0.4, 0.5) is 0 Å². The van der Waals surface area contributed by atoms with Crippen LogP contribution in [-0.4, -0.2) is 15.7 Å². The summed E-state index contributed by atoms with van der Waals surface area (Å²) >= 11 is 9.05. The molecule has 0 radical (unpaired) electrons. The van der Waals surface area contributed by atoms with Gasteiger partial charge in [0.15, 0.2) is 5.78 Å². The number of hydrogen-bond acceptors (Lipinski definition) is 2. The molecule has 4 heteroatoms. The fourth-order valence-electron chi connectivity index (χ4n) is 1.74. The molecule has 0 saturated heterocycles. The molecule has 98 valence electrons. The van der Waals surface area contributed by atoms with Crippen molar-refractivity contribution >= 4 is 33.3 Å². The Morgan fingerprint density at radius 2 is 1.63 bits per heavy atom. The van der Waals surface area contributed by atoms with Crippen molar-refractivity contribution in [2.45, 2.75) is 10.9 Å². The maximum absolute atomic E-state index is 12.2. The third kappa shape index (κ3) is 3.44. The molecule has 0 aliphatic carbocycles. The Kier molecular flexibility index (Phi) is 4.75. The van der Waals surface area contributed by atoms with Crippen molar-refractivity contribution in [3.63, 3.8) is 0 Å². The van der Waals surface area contributed by atoms with Gasteiger partial charge in [0, 0.05) is 10.6 Å². The lowest BCUT2D eigenvalue weighted by Gasteiger charge is -2.16. The monoisotopic (exact) mass is 338 g/mol. The van der Waals surface area contributed by atoms with Crippen LogP contribution in [-0.2, 0) is 0 Å². The van der Waals surface area contributed by atoms with Gasteiger partial charge in [-0.1, -0.05) is 57.9 Å². The molecule has 0 aliphatic heterocycles. The Hall–Kier alpha value is -1.16. The summed E-state index contributed by atoms with van der Waals surface area (Å²) in [6.07, 6.45) is -0.885. The minimum Gasteiger partial charge on any atom is -0.387 e. The van der Waals surface area contributed by atoms with Crippen LogP contribution < -0.4 is 0 Å². The van der Waals surface area contributed by atoms with Crippen LogP contribution in [0.15, 0.2) is 54.6 Å². The third-order valence-electron chi connectivity index (χ3n) is 2.80. The molecule has 0 unspecified atom stereocenters. The molecule has 2 aromatic carbocycles. The molecule has 2 atom stereocenters. The average molecular weight is 340 g/mol. The summed E-state index contributed by atoms with van der Waals surface area (Å²) in [5, 5.41) is 10.8. The molecule has 2 aromatic rings. The van der Waals surface area contributed by atoms with E-state index < -0.39 is 10.9 Å². The highest BCUT2D eigenvalue weighted by atomic mass is 79.9. The van der Waals surface area contributed by atoms with E-state index in [0.29, 0.717) is 16.1 Å². The van der Waals surface area contributed by atoms with Crippen LogP contribution in [0, 0.1) is 0 Å². The molecule has 0 heterocycles. The first kappa shape index (κ1) is 14.3. The van der Waals surface area contributed by atoms with Gasteiger partial charge in [-0.25, -0.2) is 0 Å². The van der Waals surface area contributed by atoms with E-state index in [4.69, 9.17) is 11.6 Å². The van der Waals surface area contributed by atoms with Gasteiger partial charge < -0.3 is 5.11 Å². The van der Waals surface area contributed by atoms with Crippen LogP contribution in [0.2, 0.25) is 5.02 Å². The van der Waals surface area contributed by atoms with Crippen LogP contribution >= 0.6 is 27.5 Å². The summed E-state index contributed by atoms with van der Waals surface area (Å²) in [5.74, 6) is -0.173. The van der Waals surface area contributed by atoms with Gasteiger partial charge >= 0.3 is 0 Å². The van der Waals surface area contributed by atoms with Gasteiger partial charge in [-0.15, -0.1) is 0 Å². The van der Waals surface area contributed by atoms with Gasteiger partial charge in [0.1, 0.15) is 4.83 Å². The molecular formula is C15H12BrClO2. The minimum absolute atomic E-state index is 0.173. The van der Waals surface area contributed by atoms with E-state index in [-0.39, 0.29) is 5.78 Å². The van der Waals surface area contributed by atoms with E-state index >= 15 is 0 Å². The van der Waals surface area contributed by atoms with E-state index in [9.17, 15) is 9.90 Å². The molecule has 0 aliphatic rings.